The molecule has 5 nitrogen and oxygen atoms in total. The third kappa shape index (κ3) is 3.07. The number of hydrogen-bond acceptors (Lipinski definition) is 5. The number of rotatable bonds is 3. The lowest BCUT2D eigenvalue weighted by Crippen LogP contribution is -2.26. The fourth-order valence-corrected chi connectivity index (χ4v) is 2.95. The molecule has 1 aliphatic rings. The van der Waals surface area contributed by atoms with E-state index < -0.39 is 23.8 Å². The minimum Gasteiger partial charge on any atom is -0.467 e. The molecule has 0 spiro atoms. The molecule has 0 radical (unpaired) electrons. The predicted octanol–water partition coefficient (Wildman–Crippen LogP) is 2.73. The normalized spacial score (nSPS) is 20.8. The molecule has 1 N–H and O–H groups in total. The van der Waals surface area contributed by atoms with Crippen molar-refractivity contribution in [2.75, 3.05) is 18.6 Å². The zero-order valence-corrected chi connectivity index (χ0v) is 13.0. The Morgan fingerprint density at radius 1 is 1.39 bits per heavy atom. The van der Waals surface area contributed by atoms with Crippen LogP contribution in [0, 0.1) is 11.6 Å². The summed E-state index contributed by atoms with van der Waals surface area (Å²) in [5.74, 6) is -0.787. The number of aliphatic hydroxyl groups is 1. The molecule has 23 heavy (non-hydrogen) atoms. The van der Waals surface area contributed by atoms with Gasteiger partial charge in [0.2, 0.25) is 0 Å². The number of aliphatic hydroxyl groups excluding tert-OH is 1. The Hall–Kier alpha value is -1.99. The van der Waals surface area contributed by atoms with Crippen LogP contribution >= 0.6 is 11.6 Å². The van der Waals surface area contributed by atoms with Crippen molar-refractivity contribution in [1.29, 1.82) is 0 Å². The molecule has 1 aliphatic heterocycles. The van der Waals surface area contributed by atoms with Crippen molar-refractivity contribution >= 4 is 17.4 Å². The minimum atomic E-state index is -0.709. The molecule has 2 heterocycles. The van der Waals surface area contributed by atoms with Gasteiger partial charge in [0.15, 0.2) is 5.82 Å². The van der Waals surface area contributed by atoms with Gasteiger partial charge in [0, 0.05) is 12.1 Å². The molecule has 1 aromatic carbocycles. The number of anilines is 1. The summed E-state index contributed by atoms with van der Waals surface area (Å²) in [6.07, 6.45) is 0.898. The largest absolute Gasteiger partial charge is 0.467 e. The second-order valence-electron chi connectivity index (χ2n) is 5.25. The van der Waals surface area contributed by atoms with E-state index in [1.807, 2.05) is 0 Å². The summed E-state index contributed by atoms with van der Waals surface area (Å²) in [5.41, 5.74) is 0.148. The van der Waals surface area contributed by atoms with E-state index in [0.29, 0.717) is 5.82 Å². The van der Waals surface area contributed by atoms with Crippen molar-refractivity contribution in [2.45, 2.75) is 18.6 Å². The van der Waals surface area contributed by atoms with E-state index in [1.165, 1.54) is 13.3 Å². The number of nitrogens with zero attached hydrogens (tertiary/aromatic N) is 3. The summed E-state index contributed by atoms with van der Waals surface area (Å²) < 4.78 is 32.6. The quantitative estimate of drug-likeness (QED) is 0.930. The zero-order chi connectivity index (χ0) is 16.6. The summed E-state index contributed by atoms with van der Waals surface area (Å²) >= 11 is 6.13. The highest BCUT2D eigenvalue weighted by atomic mass is 35.5. The van der Waals surface area contributed by atoms with Crippen LogP contribution in [0.3, 0.4) is 0 Å². The Morgan fingerprint density at radius 2 is 2.17 bits per heavy atom. The van der Waals surface area contributed by atoms with E-state index in [2.05, 4.69) is 9.97 Å². The Kier molecular flexibility index (Phi) is 4.32. The van der Waals surface area contributed by atoms with Gasteiger partial charge in [0.1, 0.15) is 16.7 Å². The summed E-state index contributed by atoms with van der Waals surface area (Å²) in [5, 5.41) is 10.2. The number of benzene rings is 1. The molecule has 1 saturated heterocycles. The average Bonchev–Trinajstić information content (AvgIpc) is 2.91. The maximum atomic E-state index is 14.1. The first-order valence-corrected chi connectivity index (χ1v) is 7.33. The molecule has 3 rings (SSSR count). The maximum absolute atomic E-state index is 14.1. The predicted molar refractivity (Wildman–Crippen MR) is 80.7 cm³/mol. The van der Waals surface area contributed by atoms with Crippen LogP contribution in [0.1, 0.15) is 18.0 Å². The Morgan fingerprint density at radius 3 is 2.91 bits per heavy atom. The van der Waals surface area contributed by atoms with E-state index in [0.717, 1.165) is 18.2 Å². The molecule has 8 heteroatoms. The first kappa shape index (κ1) is 15.9. The molecular weight excluding hydrogens is 328 g/mol. The van der Waals surface area contributed by atoms with Gasteiger partial charge in [0.25, 0.3) is 0 Å². The van der Waals surface area contributed by atoms with Crippen LogP contribution < -0.4 is 9.64 Å². The molecule has 0 aliphatic carbocycles. The number of hydrogen-bond donors (Lipinski definition) is 1. The van der Waals surface area contributed by atoms with Gasteiger partial charge in [-0.3, -0.25) is 0 Å². The van der Waals surface area contributed by atoms with Crippen LogP contribution in [-0.4, -0.2) is 34.8 Å². The monoisotopic (exact) mass is 341 g/mol. The Balaban J connectivity index is 2.05. The van der Waals surface area contributed by atoms with E-state index in [4.69, 9.17) is 16.3 Å². The van der Waals surface area contributed by atoms with E-state index in [9.17, 15) is 13.9 Å². The van der Waals surface area contributed by atoms with Crippen LogP contribution in [0.25, 0.3) is 0 Å². The molecule has 0 saturated carbocycles. The first-order chi connectivity index (χ1) is 11.0. The lowest BCUT2D eigenvalue weighted by Gasteiger charge is -2.26. The standard InChI is InChI=1S/C15H14ClF2N3O2/c1-23-15-19-6-11(16)14(20-15)21-7-9(22)5-13(21)10-4-8(17)2-3-12(10)18/h2-4,6,9,13,22H,5,7H2,1H3/t9-,13-/m1/s1. The van der Waals surface area contributed by atoms with Gasteiger partial charge in [-0.1, -0.05) is 11.6 Å². The van der Waals surface area contributed by atoms with E-state index in [1.54, 1.807) is 4.90 Å². The molecule has 1 fully saturated rings. The lowest BCUT2D eigenvalue weighted by atomic mass is 10.0. The van der Waals surface area contributed by atoms with Gasteiger partial charge in [0.05, 0.1) is 25.5 Å². The molecule has 1 aromatic heterocycles. The second kappa shape index (κ2) is 6.25. The highest BCUT2D eigenvalue weighted by molar-refractivity contribution is 6.32. The van der Waals surface area contributed by atoms with Gasteiger partial charge in [-0.15, -0.1) is 0 Å². The van der Waals surface area contributed by atoms with Gasteiger partial charge in [-0.25, -0.2) is 13.8 Å². The number of halogens is 3. The van der Waals surface area contributed by atoms with Crippen LogP contribution in [0.15, 0.2) is 24.4 Å². The SMILES string of the molecule is COc1ncc(Cl)c(N2C[C@H](O)C[C@@H]2c2cc(F)ccc2F)n1. The third-order valence-corrected chi connectivity index (χ3v) is 4.02. The summed E-state index contributed by atoms with van der Waals surface area (Å²) in [6.45, 7) is 0.195. The van der Waals surface area contributed by atoms with Crippen molar-refractivity contribution in [1.82, 2.24) is 9.97 Å². The number of β-amino-alcohol motifs (C(OH)–C–C–N with tert-alkyl or cyclic N) is 1. The molecule has 0 amide bonds. The molecule has 0 bridgehead atoms. The number of aromatic nitrogens is 2. The van der Waals surface area contributed by atoms with Crippen LogP contribution in [-0.2, 0) is 0 Å². The van der Waals surface area contributed by atoms with Gasteiger partial charge < -0.3 is 14.7 Å². The lowest BCUT2D eigenvalue weighted by molar-refractivity contribution is 0.194. The molecule has 2 atom stereocenters. The Labute approximate surface area is 136 Å². The molecular formula is C15H14ClF2N3O2. The minimum absolute atomic E-state index is 0.101. The third-order valence-electron chi connectivity index (χ3n) is 3.75. The smallest absolute Gasteiger partial charge is 0.318 e. The van der Waals surface area contributed by atoms with Crippen molar-refractivity contribution in [3.05, 3.63) is 46.6 Å². The molecule has 2 aromatic rings. The fraction of sp³-hybridized carbons (Fsp3) is 0.333. The van der Waals surface area contributed by atoms with E-state index >= 15 is 0 Å². The van der Waals surface area contributed by atoms with Gasteiger partial charge in [-0.2, -0.15) is 4.98 Å². The average molecular weight is 342 g/mol. The summed E-state index contributed by atoms with van der Waals surface area (Å²) in [6, 6.07) is 2.75. The fourth-order valence-electron chi connectivity index (χ4n) is 2.75. The van der Waals surface area contributed by atoms with Crippen molar-refractivity contribution in [3.63, 3.8) is 0 Å². The zero-order valence-electron chi connectivity index (χ0n) is 12.2. The van der Waals surface area contributed by atoms with Crippen molar-refractivity contribution < 1.29 is 18.6 Å². The number of ether oxygens (including phenoxy) is 1. The second-order valence-corrected chi connectivity index (χ2v) is 5.66. The molecule has 122 valence electrons. The summed E-state index contributed by atoms with van der Waals surface area (Å²) in [7, 11) is 1.41. The Bertz CT molecular complexity index is 732. The van der Waals surface area contributed by atoms with Crippen LogP contribution in [0.5, 0.6) is 6.01 Å². The van der Waals surface area contributed by atoms with Gasteiger partial charge >= 0.3 is 6.01 Å². The first-order valence-electron chi connectivity index (χ1n) is 6.95. The topological polar surface area (TPSA) is 58.5 Å². The molecule has 0 unspecified atom stereocenters. The van der Waals surface area contributed by atoms with Crippen molar-refractivity contribution in [3.8, 4) is 6.01 Å². The number of methoxy groups -OCH3 is 1. The van der Waals surface area contributed by atoms with Crippen LogP contribution in [0.2, 0.25) is 5.02 Å². The summed E-state index contributed by atoms with van der Waals surface area (Å²) in [4.78, 5) is 9.69. The van der Waals surface area contributed by atoms with Gasteiger partial charge in [-0.05, 0) is 24.6 Å². The van der Waals surface area contributed by atoms with Crippen molar-refractivity contribution in [2.24, 2.45) is 0 Å². The maximum Gasteiger partial charge on any atom is 0.318 e. The highest BCUT2D eigenvalue weighted by Crippen LogP contribution is 2.39. The van der Waals surface area contributed by atoms with Crippen LogP contribution in [0.4, 0.5) is 14.6 Å². The van der Waals surface area contributed by atoms with E-state index in [-0.39, 0.29) is 29.6 Å². The highest BCUT2D eigenvalue weighted by Gasteiger charge is 2.36.